The lowest BCUT2D eigenvalue weighted by Gasteiger charge is -2.10. The van der Waals surface area contributed by atoms with Crippen LogP contribution in [0.3, 0.4) is 0 Å². The third kappa shape index (κ3) is 2.24. The maximum absolute atomic E-state index is 12.1. The van der Waals surface area contributed by atoms with Crippen molar-refractivity contribution in [2.24, 2.45) is 0 Å². The second kappa shape index (κ2) is 4.99. The zero-order valence-electron chi connectivity index (χ0n) is 10.5. The lowest BCUT2D eigenvalue weighted by molar-refractivity contribution is 0.0936. The van der Waals surface area contributed by atoms with Gasteiger partial charge in [-0.1, -0.05) is 12.1 Å². The van der Waals surface area contributed by atoms with Gasteiger partial charge in [-0.3, -0.25) is 9.89 Å². The van der Waals surface area contributed by atoms with Crippen LogP contribution in [-0.4, -0.2) is 26.2 Å². The average molecular weight is 249 g/mol. The predicted molar refractivity (Wildman–Crippen MR) is 62.9 cm³/mol. The fourth-order valence-electron chi connectivity index (χ4n) is 1.71. The van der Waals surface area contributed by atoms with Gasteiger partial charge in [0.2, 0.25) is 0 Å². The number of aromatic nitrogens is 4. The quantitative estimate of drug-likeness (QED) is 0.847. The van der Waals surface area contributed by atoms with E-state index in [1.54, 1.807) is 6.92 Å². The molecule has 0 saturated carbocycles. The summed E-state index contributed by atoms with van der Waals surface area (Å²) >= 11 is 0. The van der Waals surface area contributed by atoms with Gasteiger partial charge in [-0.2, -0.15) is 5.10 Å². The van der Waals surface area contributed by atoms with Gasteiger partial charge in [-0.25, -0.2) is 4.98 Å². The molecule has 0 saturated heterocycles. The summed E-state index contributed by atoms with van der Waals surface area (Å²) in [6.45, 7) is 5.47. The lowest BCUT2D eigenvalue weighted by atomic mass is 10.1. The van der Waals surface area contributed by atoms with Crippen LogP contribution in [0.5, 0.6) is 0 Å². The van der Waals surface area contributed by atoms with Crippen molar-refractivity contribution in [3.05, 3.63) is 29.2 Å². The summed E-state index contributed by atoms with van der Waals surface area (Å²) in [6.07, 6.45) is 2.05. The summed E-state index contributed by atoms with van der Waals surface area (Å²) in [7, 11) is 0. The first kappa shape index (κ1) is 12.3. The molecule has 2 aromatic heterocycles. The molecule has 2 aromatic rings. The van der Waals surface area contributed by atoms with E-state index in [-0.39, 0.29) is 11.9 Å². The molecule has 2 N–H and O–H groups in total. The predicted octanol–water partition coefficient (Wildman–Crippen LogP) is 1.15. The summed E-state index contributed by atoms with van der Waals surface area (Å²) in [6, 6.07) is -0.251. The Morgan fingerprint density at radius 1 is 1.61 bits per heavy atom. The minimum atomic E-state index is -0.251. The highest BCUT2D eigenvalue weighted by Gasteiger charge is 2.21. The summed E-state index contributed by atoms with van der Waals surface area (Å²) in [5, 5.41) is 13.1. The van der Waals surface area contributed by atoms with Crippen LogP contribution < -0.4 is 5.32 Å². The topological polar surface area (TPSA) is 96.7 Å². The second-order valence-corrected chi connectivity index (χ2v) is 3.98. The molecule has 2 heterocycles. The van der Waals surface area contributed by atoms with Crippen molar-refractivity contribution in [3.63, 3.8) is 0 Å². The van der Waals surface area contributed by atoms with Crippen molar-refractivity contribution in [1.82, 2.24) is 25.7 Å². The van der Waals surface area contributed by atoms with Gasteiger partial charge in [0.25, 0.3) is 5.91 Å². The highest BCUT2D eigenvalue weighted by molar-refractivity contribution is 5.96. The summed E-state index contributed by atoms with van der Waals surface area (Å²) in [5.41, 5.74) is 1.17. The van der Waals surface area contributed by atoms with E-state index < -0.39 is 0 Å². The molecule has 18 heavy (non-hydrogen) atoms. The molecule has 7 nitrogen and oxygen atoms in total. The maximum atomic E-state index is 12.1. The first-order valence-corrected chi connectivity index (χ1v) is 5.74. The molecule has 0 aliphatic carbocycles. The molecule has 1 amide bonds. The van der Waals surface area contributed by atoms with Gasteiger partial charge in [-0.15, -0.1) is 0 Å². The molecule has 0 aromatic carbocycles. The third-order valence-electron chi connectivity index (χ3n) is 2.69. The van der Waals surface area contributed by atoms with Gasteiger partial charge >= 0.3 is 0 Å². The number of nitrogens with one attached hydrogen (secondary N) is 2. The molecule has 0 radical (unpaired) electrons. The minimum absolute atomic E-state index is 0.213. The Balaban J connectivity index is 2.15. The highest BCUT2D eigenvalue weighted by Crippen LogP contribution is 2.15. The van der Waals surface area contributed by atoms with Gasteiger partial charge < -0.3 is 9.84 Å². The fourth-order valence-corrected chi connectivity index (χ4v) is 1.71. The van der Waals surface area contributed by atoms with Crippen LogP contribution in [0.25, 0.3) is 0 Å². The van der Waals surface area contributed by atoms with Gasteiger partial charge in [0, 0.05) is 0 Å². The van der Waals surface area contributed by atoms with Crippen LogP contribution in [0.15, 0.2) is 10.9 Å². The SMILES string of the molecule is CCc1noc(C)c1C(=O)NC(C)c1ncn[nH]1. The molecule has 0 fully saturated rings. The second-order valence-electron chi connectivity index (χ2n) is 3.98. The van der Waals surface area contributed by atoms with Crippen molar-refractivity contribution < 1.29 is 9.32 Å². The number of hydrogen-bond donors (Lipinski definition) is 2. The zero-order valence-corrected chi connectivity index (χ0v) is 10.5. The van der Waals surface area contributed by atoms with Crippen LogP contribution in [0.4, 0.5) is 0 Å². The number of aromatic amines is 1. The summed E-state index contributed by atoms with van der Waals surface area (Å²) in [4.78, 5) is 16.1. The van der Waals surface area contributed by atoms with E-state index >= 15 is 0 Å². The number of rotatable bonds is 4. The maximum Gasteiger partial charge on any atom is 0.257 e. The minimum Gasteiger partial charge on any atom is -0.361 e. The standard InChI is InChI=1S/C11H15N5O2/c1-4-8-9(7(3)18-16-8)11(17)14-6(2)10-12-5-13-15-10/h5-6H,4H2,1-3H3,(H,14,17)(H,12,13,15). The van der Waals surface area contributed by atoms with E-state index in [0.717, 1.165) is 0 Å². The first-order valence-electron chi connectivity index (χ1n) is 5.74. The van der Waals surface area contributed by atoms with Gasteiger partial charge in [0.05, 0.1) is 11.7 Å². The number of nitrogens with zero attached hydrogens (tertiary/aromatic N) is 3. The van der Waals surface area contributed by atoms with E-state index in [2.05, 4.69) is 25.7 Å². The molecule has 2 rings (SSSR count). The van der Waals surface area contributed by atoms with Gasteiger partial charge in [-0.05, 0) is 20.3 Å². The van der Waals surface area contributed by atoms with Crippen LogP contribution in [0.1, 0.15) is 47.5 Å². The number of carbonyl (C=O) groups is 1. The molecule has 1 atom stereocenters. The van der Waals surface area contributed by atoms with Crippen molar-refractivity contribution in [2.45, 2.75) is 33.2 Å². The van der Waals surface area contributed by atoms with E-state index in [1.165, 1.54) is 6.33 Å². The van der Waals surface area contributed by atoms with E-state index in [4.69, 9.17) is 4.52 Å². The smallest absolute Gasteiger partial charge is 0.257 e. The van der Waals surface area contributed by atoms with Gasteiger partial charge in [0.15, 0.2) is 0 Å². The van der Waals surface area contributed by atoms with Crippen LogP contribution >= 0.6 is 0 Å². The number of aryl methyl sites for hydroxylation is 2. The summed E-state index contributed by atoms with van der Waals surface area (Å²) in [5.74, 6) is 0.916. The van der Waals surface area contributed by atoms with Crippen molar-refractivity contribution in [3.8, 4) is 0 Å². The van der Waals surface area contributed by atoms with Gasteiger partial charge in [0.1, 0.15) is 23.5 Å². The number of carbonyl (C=O) groups excluding carboxylic acids is 1. The molecular formula is C11H15N5O2. The van der Waals surface area contributed by atoms with Crippen LogP contribution in [0.2, 0.25) is 0 Å². The summed E-state index contributed by atoms with van der Waals surface area (Å²) < 4.78 is 5.03. The lowest BCUT2D eigenvalue weighted by Crippen LogP contribution is -2.28. The number of hydrogen-bond acceptors (Lipinski definition) is 5. The Bertz CT molecular complexity index is 532. The molecule has 0 spiro atoms. The third-order valence-corrected chi connectivity index (χ3v) is 2.69. The molecule has 0 aliphatic heterocycles. The molecular weight excluding hydrogens is 234 g/mol. The van der Waals surface area contributed by atoms with E-state index in [0.29, 0.717) is 29.3 Å². The molecule has 1 unspecified atom stereocenters. The Morgan fingerprint density at radius 3 is 3.00 bits per heavy atom. The number of H-pyrrole nitrogens is 1. The Morgan fingerprint density at radius 2 is 2.39 bits per heavy atom. The average Bonchev–Trinajstić information content (AvgIpc) is 2.97. The molecule has 0 bridgehead atoms. The number of amides is 1. The fraction of sp³-hybridized carbons (Fsp3) is 0.455. The van der Waals surface area contributed by atoms with E-state index in [1.807, 2.05) is 13.8 Å². The van der Waals surface area contributed by atoms with Crippen molar-refractivity contribution in [1.29, 1.82) is 0 Å². The molecule has 7 heteroatoms. The Labute approximate surface area is 104 Å². The van der Waals surface area contributed by atoms with Crippen molar-refractivity contribution in [2.75, 3.05) is 0 Å². The largest absolute Gasteiger partial charge is 0.361 e. The zero-order chi connectivity index (χ0) is 13.1. The Hall–Kier alpha value is -2.18. The monoisotopic (exact) mass is 249 g/mol. The van der Waals surface area contributed by atoms with Crippen molar-refractivity contribution >= 4 is 5.91 Å². The first-order chi connectivity index (χ1) is 8.63. The van der Waals surface area contributed by atoms with E-state index in [9.17, 15) is 4.79 Å². The van der Waals surface area contributed by atoms with Crippen LogP contribution in [0, 0.1) is 6.92 Å². The highest BCUT2D eigenvalue weighted by atomic mass is 16.5. The Kier molecular flexibility index (Phi) is 3.40. The molecule has 96 valence electrons. The molecule has 0 aliphatic rings. The van der Waals surface area contributed by atoms with Crippen LogP contribution in [-0.2, 0) is 6.42 Å². The normalized spacial score (nSPS) is 12.4.